The summed E-state index contributed by atoms with van der Waals surface area (Å²) in [6.45, 7) is 10.2. The van der Waals surface area contributed by atoms with E-state index >= 15 is 0 Å². The molecule has 3 aliphatic heterocycles. The Bertz CT molecular complexity index is 1410. The van der Waals surface area contributed by atoms with Crippen LogP contribution in [-0.2, 0) is 20.9 Å². The van der Waals surface area contributed by atoms with Gasteiger partial charge in [0.2, 0.25) is 12.7 Å². The summed E-state index contributed by atoms with van der Waals surface area (Å²) in [5, 5.41) is 5.65. The van der Waals surface area contributed by atoms with Crippen LogP contribution in [-0.4, -0.2) is 35.3 Å². The van der Waals surface area contributed by atoms with Crippen molar-refractivity contribution >= 4 is 28.8 Å². The molecule has 0 saturated heterocycles. The highest BCUT2D eigenvalue weighted by Gasteiger charge is 2.41. The molecule has 1 amide bonds. The number of aliphatic imine (C=N–C) groups is 1. The van der Waals surface area contributed by atoms with Crippen molar-refractivity contribution in [2.75, 3.05) is 13.4 Å². The average Bonchev–Trinajstić information content (AvgIpc) is 3.53. The van der Waals surface area contributed by atoms with Crippen molar-refractivity contribution in [1.29, 1.82) is 0 Å². The van der Waals surface area contributed by atoms with E-state index in [0.717, 1.165) is 33.1 Å². The first-order valence-electron chi connectivity index (χ1n) is 12.3. The fourth-order valence-corrected chi connectivity index (χ4v) is 5.63. The number of ether oxygens (including phenoxy) is 3. The molecule has 0 aliphatic carbocycles. The van der Waals surface area contributed by atoms with E-state index in [1.165, 1.54) is 11.8 Å². The number of rotatable bonds is 8. The van der Waals surface area contributed by atoms with Crippen LogP contribution in [0, 0.1) is 13.8 Å². The van der Waals surface area contributed by atoms with Crippen molar-refractivity contribution in [3.63, 3.8) is 0 Å². The van der Waals surface area contributed by atoms with E-state index in [-0.39, 0.29) is 25.7 Å². The van der Waals surface area contributed by atoms with E-state index in [9.17, 15) is 9.59 Å². The number of amides is 1. The van der Waals surface area contributed by atoms with Crippen LogP contribution in [0.2, 0.25) is 0 Å². The highest BCUT2D eigenvalue weighted by molar-refractivity contribution is 8.16. The van der Waals surface area contributed by atoms with Gasteiger partial charge in [0.05, 0.1) is 23.7 Å². The zero-order valence-corrected chi connectivity index (χ0v) is 22.4. The molecule has 0 saturated carbocycles. The van der Waals surface area contributed by atoms with Crippen LogP contribution in [0.1, 0.15) is 41.6 Å². The lowest BCUT2D eigenvalue weighted by Crippen LogP contribution is -2.38. The van der Waals surface area contributed by atoms with Gasteiger partial charge >= 0.3 is 5.97 Å². The Balaban J connectivity index is 1.40. The van der Waals surface area contributed by atoms with Crippen LogP contribution in [0.4, 0.5) is 0 Å². The minimum absolute atomic E-state index is 0.103. The van der Waals surface area contributed by atoms with Crippen LogP contribution in [0.5, 0.6) is 11.5 Å². The van der Waals surface area contributed by atoms with Gasteiger partial charge in [-0.05, 0) is 55.0 Å². The minimum Gasteiger partial charge on any atom is -0.458 e. The summed E-state index contributed by atoms with van der Waals surface area (Å²) in [7, 11) is 0. The van der Waals surface area contributed by atoms with E-state index in [2.05, 4.69) is 18.0 Å². The quantitative estimate of drug-likeness (QED) is 0.377. The van der Waals surface area contributed by atoms with Gasteiger partial charge in [-0.1, -0.05) is 54.2 Å². The zero-order chi connectivity index (χ0) is 26.8. The molecule has 38 heavy (non-hydrogen) atoms. The van der Waals surface area contributed by atoms with Crippen LogP contribution in [0.15, 0.2) is 76.4 Å². The fourth-order valence-electron chi connectivity index (χ4n) is 4.67. The third-order valence-corrected chi connectivity index (χ3v) is 7.44. The zero-order valence-electron chi connectivity index (χ0n) is 21.6. The van der Waals surface area contributed by atoms with E-state index in [0.29, 0.717) is 29.3 Å². The Morgan fingerprint density at radius 3 is 2.82 bits per heavy atom. The Hall–Kier alpha value is -3.98. The Kier molecular flexibility index (Phi) is 7.28. The molecule has 2 aromatic rings. The number of aryl methyl sites for hydroxylation is 2. The van der Waals surface area contributed by atoms with Gasteiger partial charge < -0.3 is 24.4 Å². The fraction of sp³-hybridized carbons (Fsp3) is 0.276. The first kappa shape index (κ1) is 25.7. The Morgan fingerprint density at radius 1 is 1.18 bits per heavy atom. The molecular weight excluding hydrogens is 502 g/mol. The Morgan fingerprint density at radius 2 is 2.00 bits per heavy atom. The third-order valence-electron chi connectivity index (χ3n) is 6.55. The van der Waals surface area contributed by atoms with Gasteiger partial charge in [-0.25, -0.2) is 9.79 Å². The second kappa shape index (κ2) is 10.8. The molecule has 2 aromatic carbocycles. The standard InChI is InChI=1S/C29H29N3O5S/c1-5-10-35-28(34)26-19(4)31-29-32(27(26)22-11-17(2)6-7-18(22)3)21(15-38-29)13-25(33)30-14-20-8-9-23-24(12-20)37-16-36-23/h5-9,11-12,15,27H,1,10,13-14,16H2,2-4H3,(H,30,33). The Labute approximate surface area is 226 Å². The van der Waals surface area contributed by atoms with Crippen molar-refractivity contribution < 1.29 is 23.8 Å². The molecule has 1 atom stereocenters. The lowest BCUT2D eigenvalue weighted by atomic mass is 9.90. The molecule has 0 radical (unpaired) electrons. The van der Waals surface area contributed by atoms with E-state index in [1.54, 1.807) is 6.08 Å². The topological polar surface area (TPSA) is 89.5 Å². The van der Waals surface area contributed by atoms with Gasteiger partial charge in [0.15, 0.2) is 16.7 Å². The van der Waals surface area contributed by atoms with Gasteiger partial charge in [0.1, 0.15) is 6.61 Å². The number of fused-ring (bicyclic) bond motifs is 2. The van der Waals surface area contributed by atoms with Crippen molar-refractivity contribution in [3.05, 3.63) is 93.7 Å². The molecule has 1 unspecified atom stereocenters. The molecule has 196 valence electrons. The highest BCUT2D eigenvalue weighted by Crippen LogP contribution is 2.45. The number of thioether (sulfide) groups is 1. The number of hydrogen-bond donors (Lipinski definition) is 1. The normalized spacial score (nSPS) is 17.6. The molecular formula is C29H29N3O5S. The van der Waals surface area contributed by atoms with Crippen LogP contribution < -0.4 is 14.8 Å². The number of carbonyl (C=O) groups excluding carboxylic acids is 2. The largest absolute Gasteiger partial charge is 0.458 e. The molecule has 0 fully saturated rings. The maximum absolute atomic E-state index is 13.3. The molecule has 0 bridgehead atoms. The van der Waals surface area contributed by atoms with E-state index < -0.39 is 12.0 Å². The molecule has 3 heterocycles. The number of esters is 1. The van der Waals surface area contributed by atoms with Crippen LogP contribution in [0.25, 0.3) is 0 Å². The first-order chi connectivity index (χ1) is 18.4. The molecule has 1 N–H and O–H groups in total. The van der Waals surface area contributed by atoms with Crippen molar-refractivity contribution in [1.82, 2.24) is 10.2 Å². The second-order valence-corrected chi connectivity index (χ2v) is 10.1. The maximum atomic E-state index is 13.3. The smallest absolute Gasteiger partial charge is 0.338 e. The summed E-state index contributed by atoms with van der Waals surface area (Å²) >= 11 is 1.45. The van der Waals surface area contributed by atoms with E-state index in [1.807, 2.05) is 61.4 Å². The van der Waals surface area contributed by atoms with Crippen molar-refractivity contribution in [2.45, 2.75) is 39.8 Å². The monoisotopic (exact) mass is 531 g/mol. The maximum Gasteiger partial charge on any atom is 0.338 e. The number of carbonyl (C=O) groups is 2. The van der Waals surface area contributed by atoms with Gasteiger partial charge in [-0.2, -0.15) is 0 Å². The molecule has 3 aliphatic rings. The summed E-state index contributed by atoms with van der Waals surface area (Å²) in [4.78, 5) is 33.0. The molecule has 5 rings (SSSR count). The number of allylic oxidation sites excluding steroid dienone is 1. The molecule has 8 nitrogen and oxygen atoms in total. The second-order valence-electron chi connectivity index (χ2n) is 9.28. The molecule has 0 aromatic heterocycles. The lowest BCUT2D eigenvalue weighted by Gasteiger charge is -2.37. The highest BCUT2D eigenvalue weighted by atomic mass is 32.2. The van der Waals surface area contributed by atoms with Crippen LogP contribution in [0.3, 0.4) is 0 Å². The number of amidine groups is 1. The summed E-state index contributed by atoms with van der Waals surface area (Å²) < 4.78 is 16.3. The predicted molar refractivity (Wildman–Crippen MR) is 146 cm³/mol. The predicted octanol–water partition coefficient (Wildman–Crippen LogP) is 5.04. The number of hydrogen-bond acceptors (Lipinski definition) is 8. The van der Waals surface area contributed by atoms with Gasteiger partial charge in [-0.3, -0.25) is 4.79 Å². The minimum atomic E-state index is -0.470. The van der Waals surface area contributed by atoms with Gasteiger partial charge in [-0.15, -0.1) is 0 Å². The molecule has 0 spiro atoms. The first-order valence-corrected chi connectivity index (χ1v) is 13.2. The summed E-state index contributed by atoms with van der Waals surface area (Å²) in [5.74, 6) is 0.792. The molecule has 9 heteroatoms. The SMILES string of the molecule is C=CCOC(=O)C1=C(C)N=C2SC=C(CC(=O)NCc3ccc4c(c3)OCO4)N2C1c1cc(C)ccc1C. The van der Waals surface area contributed by atoms with Gasteiger partial charge in [0.25, 0.3) is 0 Å². The van der Waals surface area contributed by atoms with Crippen molar-refractivity contribution in [3.8, 4) is 11.5 Å². The van der Waals surface area contributed by atoms with Gasteiger partial charge in [0, 0.05) is 12.2 Å². The number of nitrogens with zero attached hydrogens (tertiary/aromatic N) is 2. The van der Waals surface area contributed by atoms with Crippen LogP contribution >= 0.6 is 11.8 Å². The average molecular weight is 532 g/mol. The third kappa shape index (κ3) is 5.06. The number of nitrogens with one attached hydrogen (secondary N) is 1. The van der Waals surface area contributed by atoms with E-state index in [4.69, 9.17) is 19.2 Å². The summed E-state index contributed by atoms with van der Waals surface area (Å²) in [6, 6.07) is 11.3. The lowest BCUT2D eigenvalue weighted by molar-refractivity contribution is -0.138. The van der Waals surface area contributed by atoms with Crippen molar-refractivity contribution in [2.24, 2.45) is 4.99 Å². The number of benzene rings is 2. The summed E-state index contributed by atoms with van der Waals surface area (Å²) in [5.41, 5.74) is 5.82. The summed E-state index contributed by atoms with van der Waals surface area (Å²) in [6.07, 6.45) is 1.67.